The number of hydrogen-bond donors (Lipinski definition) is 3. The van der Waals surface area contributed by atoms with Gasteiger partial charge < -0.3 is 19.7 Å². The zero-order chi connectivity index (χ0) is 46.4. The van der Waals surface area contributed by atoms with Crippen molar-refractivity contribution in [3.63, 3.8) is 0 Å². The standard InChI is InChI=1S/C49H49F3N8O6S/c50-34-13-18-59(27-34)67(65,66)56-40-8-7-39(51)43(44(40)52)45(62)38-22-54-46-37(38)20-30(21-53-46)29-1-3-32(4-2-29)49(14-15-49)33-11-16-57(17-12-33)23-28-24-58(25-28)35-5-6-36-31(19-35)26-60(48(36)64)41-9-10-42(61)55-47(41)63/h1-8,19-22,28,33-34,41,56H,9-18,23-27H2,(H,53,54)(H,55,61,63)/t34-,41?/m1/s1. The first-order valence-electron chi connectivity index (χ1n) is 23.0. The van der Waals surface area contributed by atoms with Crippen LogP contribution in [-0.4, -0.2) is 114 Å². The van der Waals surface area contributed by atoms with E-state index in [1.54, 1.807) is 17.2 Å². The third-order valence-electron chi connectivity index (χ3n) is 15.1. The average Bonchev–Trinajstić information content (AvgIpc) is 3.62. The number of benzene rings is 3. The largest absolute Gasteiger partial charge is 0.371 e. The van der Waals surface area contributed by atoms with Crippen molar-refractivity contribution >= 4 is 56.1 Å². The molecule has 67 heavy (non-hydrogen) atoms. The number of hydrogen-bond acceptors (Lipinski definition) is 9. The predicted octanol–water partition coefficient (Wildman–Crippen LogP) is 6.08. The molecule has 2 aromatic heterocycles. The van der Waals surface area contributed by atoms with Gasteiger partial charge in [-0.1, -0.05) is 24.3 Å². The number of anilines is 2. The van der Waals surface area contributed by atoms with Crippen molar-refractivity contribution in [3.8, 4) is 11.1 Å². The lowest BCUT2D eigenvalue weighted by Gasteiger charge is -2.45. The molecule has 14 nitrogen and oxygen atoms in total. The van der Waals surface area contributed by atoms with Crippen molar-refractivity contribution in [1.82, 2.24) is 29.4 Å². The summed E-state index contributed by atoms with van der Waals surface area (Å²) in [6.45, 7) is 4.94. The molecule has 3 aromatic carbocycles. The van der Waals surface area contributed by atoms with Crippen molar-refractivity contribution in [3.05, 3.63) is 113 Å². The molecule has 1 saturated carbocycles. The van der Waals surface area contributed by atoms with Crippen LogP contribution in [0.1, 0.15) is 82.4 Å². The number of halogens is 3. The first kappa shape index (κ1) is 43.5. The molecule has 18 heteroatoms. The van der Waals surface area contributed by atoms with Gasteiger partial charge in [0.1, 0.15) is 23.7 Å². The Hall–Kier alpha value is -6.11. The van der Waals surface area contributed by atoms with Gasteiger partial charge in [0.2, 0.25) is 17.6 Å². The van der Waals surface area contributed by atoms with E-state index in [2.05, 4.69) is 60.1 Å². The van der Waals surface area contributed by atoms with Crippen LogP contribution in [0.5, 0.6) is 0 Å². The van der Waals surface area contributed by atoms with E-state index in [4.69, 9.17) is 0 Å². The number of pyridine rings is 1. The van der Waals surface area contributed by atoms with Gasteiger partial charge in [-0.3, -0.25) is 29.2 Å². The fourth-order valence-corrected chi connectivity index (χ4v) is 12.4. The number of alkyl halides is 1. The number of piperidine rings is 2. The Balaban J connectivity index is 0.701. The van der Waals surface area contributed by atoms with Crippen molar-refractivity contribution in [2.75, 3.05) is 55.4 Å². The number of carbonyl (C=O) groups excluding carboxylic acids is 4. The van der Waals surface area contributed by atoms with E-state index in [0.717, 1.165) is 91.7 Å². The summed E-state index contributed by atoms with van der Waals surface area (Å²) in [7, 11) is -4.35. The van der Waals surface area contributed by atoms with E-state index in [1.165, 1.54) is 11.8 Å². The van der Waals surface area contributed by atoms with E-state index in [9.17, 15) is 32.0 Å². The maximum atomic E-state index is 15.8. The summed E-state index contributed by atoms with van der Waals surface area (Å²) in [6, 6.07) is 17.3. The third kappa shape index (κ3) is 7.85. The molecule has 3 amide bonds. The summed E-state index contributed by atoms with van der Waals surface area (Å²) in [5.74, 6) is -3.26. The summed E-state index contributed by atoms with van der Waals surface area (Å²) in [4.78, 5) is 65.0. The Bertz CT molecular complexity index is 2970. The number of aromatic amines is 1. The minimum Gasteiger partial charge on any atom is -0.371 e. The number of ketones is 1. The summed E-state index contributed by atoms with van der Waals surface area (Å²) >= 11 is 0. The van der Waals surface area contributed by atoms with E-state index in [1.807, 2.05) is 12.1 Å². The van der Waals surface area contributed by atoms with Gasteiger partial charge in [-0.05, 0) is 116 Å². The molecule has 5 aliphatic heterocycles. The van der Waals surface area contributed by atoms with Crippen LogP contribution < -0.4 is 14.9 Å². The van der Waals surface area contributed by atoms with Crippen molar-refractivity contribution < 1.29 is 40.8 Å². The number of fused-ring (bicyclic) bond motifs is 2. The van der Waals surface area contributed by atoms with Gasteiger partial charge in [0.05, 0.1) is 11.3 Å². The molecule has 11 rings (SSSR count). The highest BCUT2D eigenvalue weighted by atomic mass is 32.2. The number of nitrogens with zero attached hydrogens (tertiary/aromatic N) is 5. The van der Waals surface area contributed by atoms with Gasteiger partial charge in [0.25, 0.3) is 5.91 Å². The Kier molecular flexibility index (Phi) is 10.8. The second-order valence-electron chi connectivity index (χ2n) is 19.1. The maximum absolute atomic E-state index is 15.8. The summed E-state index contributed by atoms with van der Waals surface area (Å²) in [5, 5.41) is 2.71. The molecule has 0 radical (unpaired) electrons. The van der Waals surface area contributed by atoms with Crippen LogP contribution in [0, 0.1) is 23.5 Å². The van der Waals surface area contributed by atoms with E-state index >= 15 is 8.78 Å². The Morgan fingerprint density at radius 1 is 0.896 bits per heavy atom. The molecule has 0 bridgehead atoms. The smallest absolute Gasteiger partial charge is 0.301 e. The van der Waals surface area contributed by atoms with Crippen LogP contribution in [-0.2, 0) is 31.8 Å². The molecular weight excluding hydrogens is 886 g/mol. The monoisotopic (exact) mass is 934 g/mol. The fourth-order valence-electron chi connectivity index (χ4n) is 11.2. The van der Waals surface area contributed by atoms with E-state index in [-0.39, 0.29) is 48.7 Å². The molecule has 1 aliphatic carbocycles. The predicted molar refractivity (Wildman–Crippen MR) is 243 cm³/mol. The molecular formula is C49H49F3N8O6S. The molecule has 4 saturated heterocycles. The molecule has 1 unspecified atom stereocenters. The molecule has 348 valence electrons. The lowest BCUT2D eigenvalue weighted by Crippen LogP contribution is -2.53. The van der Waals surface area contributed by atoms with Crippen molar-refractivity contribution in [1.29, 1.82) is 0 Å². The van der Waals surface area contributed by atoms with Gasteiger partial charge in [0, 0.05) is 91.8 Å². The Morgan fingerprint density at radius 2 is 1.67 bits per heavy atom. The molecule has 2 atom stereocenters. The minimum atomic E-state index is -4.35. The lowest BCUT2D eigenvalue weighted by atomic mass is 9.76. The van der Waals surface area contributed by atoms with Gasteiger partial charge in [-0.2, -0.15) is 12.7 Å². The highest BCUT2D eigenvalue weighted by molar-refractivity contribution is 7.90. The SMILES string of the molecule is O=C1CCC(N2Cc3cc(N4CC(CN5CCC(C6(c7ccc(-c8cnc9[nH]cc(C(=O)c%10c(F)ccc(NS(=O)(=O)N%11CC[C@@H](F)C%11)c%10F)c9c8)cc7)CC6)CC5)C4)ccc3C2=O)C(=O)N1. The number of amides is 3. The molecule has 5 fully saturated rings. The van der Waals surface area contributed by atoms with E-state index in [0.29, 0.717) is 47.0 Å². The molecule has 5 aromatic rings. The second kappa shape index (κ2) is 16.6. The quantitative estimate of drug-likeness (QED) is 0.0993. The highest BCUT2D eigenvalue weighted by Gasteiger charge is 2.51. The topological polar surface area (TPSA) is 168 Å². The zero-order valence-corrected chi connectivity index (χ0v) is 37.4. The Morgan fingerprint density at radius 3 is 2.39 bits per heavy atom. The fraction of sp³-hybridized carbons (Fsp3) is 0.408. The molecule has 3 N–H and O–H groups in total. The van der Waals surface area contributed by atoms with Gasteiger partial charge in [-0.25, -0.2) is 18.2 Å². The van der Waals surface area contributed by atoms with E-state index < -0.39 is 57.0 Å². The normalized spacial score (nSPS) is 22.6. The zero-order valence-electron chi connectivity index (χ0n) is 36.6. The number of rotatable bonds is 12. The van der Waals surface area contributed by atoms with Crippen LogP contribution in [0.2, 0.25) is 0 Å². The minimum absolute atomic E-state index is 0.00629. The van der Waals surface area contributed by atoms with Crippen LogP contribution in [0.25, 0.3) is 22.2 Å². The number of aromatic nitrogens is 2. The second-order valence-corrected chi connectivity index (χ2v) is 20.8. The van der Waals surface area contributed by atoms with Crippen LogP contribution in [0.15, 0.2) is 73.1 Å². The Labute approximate surface area is 385 Å². The molecule has 6 aliphatic rings. The number of likely N-dealkylation sites (tertiary alicyclic amines) is 1. The van der Waals surface area contributed by atoms with Gasteiger partial charge >= 0.3 is 10.2 Å². The lowest BCUT2D eigenvalue weighted by molar-refractivity contribution is -0.136. The van der Waals surface area contributed by atoms with Crippen molar-refractivity contribution in [2.45, 2.75) is 69.1 Å². The highest BCUT2D eigenvalue weighted by Crippen LogP contribution is 2.57. The van der Waals surface area contributed by atoms with Crippen LogP contribution in [0.3, 0.4) is 0 Å². The number of H-pyrrole nitrogens is 1. The van der Waals surface area contributed by atoms with Crippen LogP contribution in [0.4, 0.5) is 24.5 Å². The summed E-state index contributed by atoms with van der Waals surface area (Å²) < 4.78 is 73.3. The number of nitrogens with one attached hydrogen (secondary N) is 3. The van der Waals surface area contributed by atoms with Crippen LogP contribution >= 0.6 is 0 Å². The van der Waals surface area contributed by atoms with Gasteiger partial charge in [-0.15, -0.1) is 0 Å². The van der Waals surface area contributed by atoms with Gasteiger partial charge in [0.15, 0.2) is 5.82 Å². The number of carbonyl (C=O) groups is 4. The van der Waals surface area contributed by atoms with Crippen molar-refractivity contribution in [2.24, 2.45) is 11.8 Å². The average molecular weight is 935 g/mol. The molecule has 0 spiro atoms. The third-order valence-corrected chi connectivity index (χ3v) is 16.6. The first-order valence-corrected chi connectivity index (χ1v) is 24.5. The molecule has 7 heterocycles. The summed E-state index contributed by atoms with van der Waals surface area (Å²) in [5.41, 5.74) is 4.42. The number of imide groups is 1. The summed E-state index contributed by atoms with van der Waals surface area (Å²) in [6.07, 6.45) is 6.77. The maximum Gasteiger partial charge on any atom is 0.301 e. The first-order chi connectivity index (χ1) is 32.2.